The van der Waals surface area contributed by atoms with E-state index >= 15 is 0 Å². The van der Waals surface area contributed by atoms with Crippen LogP contribution in [0.2, 0.25) is 0 Å². The van der Waals surface area contributed by atoms with E-state index in [0.29, 0.717) is 0 Å². The molecule has 0 unspecified atom stereocenters. The lowest BCUT2D eigenvalue weighted by atomic mass is 10.2. The van der Waals surface area contributed by atoms with Crippen LogP contribution in [0.25, 0.3) is 4.13 Å². The Bertz CT molecular complexity index is 508. The second kappa shape index (κ2) is 11.2. The van der Waals surface area contributed by atoms with E-state index in [9.17, 15) is 43.2 Å². The Morgan fingerprint density at radius 1 is 0.720 bits per heavy atom. The molecular formula is C11H22F6N2O4S2. The number of halogens is 6. The number of rotatable bonds is 9. The third-order valence-electron chi connectivity index (χ3n) is 2.54. The molecule has 14 heteroatoms. The summed E-state index contributed by atoms with van der Waals surface area (Å²) in [6, 6.07) is 0. The average molecular weight is 424 g/mol. The van der Waals surface area contributed by atoms with Crippen LogP contribution in [0, 0.1) is 0 Å². The molecule has 0 saturated heterocycles. The van der Waals surface area contributed by atoms with Crippen LogP contribution >= 0.6 is 0 Å². The minimum atomic E-state index is -6.72. The standard InChI is InChI=1S/C9H21N.C2F6NO4S2/c1-3-5-6-7-9-10-8-4-2;3-1(4,5)14(10,11)9-15(12,13)2(6,7)8/h10H,3-9H2,1-2H3;/q;-1/p+1. The third kappa shape index (κ3) is 11.6. The zero-order valence-electron chi connectivity index (χ0n) is 13.7. The summed E-state index contributed by atoms with van der Waals surface area (Å²) in [6.45, 7) is 7.15. The lowest BCUT2D eigenvalue weighted by Gasteiger charge is -2.22. The first-order valence-electron chi connectivity index (χ1n) is 7.30. The average Bonchev–Trinajstić information content (AvgIpc) is 2.40. The number of alkyl halides is 6. The normalized spacial score (nSPS) is 13.3. The molecule has 0 aromatic rings. The molecule has 0 atom stereocenters. The Morgan fingerprint density at radius 3 is 1.48 bits per heavy atom. The SMILES string of the molecule is CCCCCC[NH2+]CCC.O=S(=O)([N-]S(=O)(=O)C(F)(F)F)C(F)(F)F. The van der Waals surface area contributed by atoms with E-state index < -0.39 is 31.1 Å². The number of hydrogen-bond acceptors (Lipinski definition) is 4. The van der Waals surface area contributed by atoms with Crippen LogP contribution in [0.1, 0.15) is 46.0 Å². The number of nitrogens with two attached hydrogens (primary N) is 1. The molecule has 154 valence electrons. The highest BCUT2D eigenvalue weighted by molar-refractivity contribution is 8.13. The largest absolute Gasteiger partial charge is 0.480 e. The van der Waals surface area contributed by atoms with E-state index in [0.717, 1.165) is 4.13 Å². The molecular weight excluding hydrogens is 402 g/mol. The Labute approximate surface area is 143 Å². The van der Waals surface area contributed by atoms with Crippen LogP contribution in [0.5, 0.6) is 0 Å². The highest BCUT2D eigenvalue weighted by atomic mass is 32.3. The van der Waals surface area contributed by atoms with Crippen molar-refractivity contribution in [3.63, 3.8) is 0 Å². The minimum Gasteiger partial charge on any atom is -0.421 e. The van der Waals surface area contributed by atoms with Crippen molar-refractivity contribution < 1.29 is 48.5 Å². The molecule has 0 radical (unpaired) electrons. The molecule has 6 nitrogen and oxygen atoms in total. The smallest absolute Gasteiger partial charge is 0.421 e. The Kier molecular flexibility index (Phi) is 11.9. The van der Waals surface area contributed by atoms with Gasteiger partial charge in [0.15, 0.2) is 20.0 Å². The van der Waals surface area contributed by atoms with Crippen molar-refractivity contribution in [2.45, 2.75) is 57.0 Å². The van der Waals surface area contributed by atoms with E-state index in [4.69, 9.17) is 0 Å². The molecule has 0 aromatic carbocycles. The maximum absolute atomic E-state index is 11.4. The van der Waals surface area contributed by atoms with E-state index in [2.05, 4.69) is 19.2 Å². The monoisotopic (exact) mass is 424 g/mol. The van der Waals surface area contributed by atoms with Gasteiger partial charge in [-0.25, -0.2) is 16.8 Å². The second-order valence-corrected chi connectivity index (χ2v) is 8.27. The van der Waals surface area contributed by atoms with Gasteiger partial charge in [-0.1, -0.05) is 26.7 Å². The lowest BCUT2D eigenvalue weighted by molar-refractivity contribution is -0.655. The van der Waals surface area contributed by atoms with Gasteiger partial charge in [0, 0.05) is 0 Å². The summed E-state index contributed by atoms with van der Waals surface area (Å²) in [7, 11) is -13.4. The van der Waals surface area contributed by atoms with Crippen molar-refractivity contribution in [3.8, 4) is 0 Å². The van der Waals surface area contributed by atoms with Crippen molar-refractivity contribution >= 4 is 20.0 Å². The zero-order chi connectivity index (χ0) is 20.4. The number of quaternary nitrogens is 1. The van der Waals surface area contributed by atoms with Crippen molar-refractivity contribution in [1.82, 2.24) is 0 Å². The maximum atomic E-state index is 11.4. The predicted molar refractivity (Wildman–Crippen MR) is 79.4 cm³/mol. The summed E-state index contributed by atoms with van der Waals surface area (Å²) in [4.78, 5) is 0. The van der Waals surface area contributed by atoms with E-state index in [1.54, 1.807) is 0 Å². The van der Waals surface area contributed by atoms with E-state index in [1.165, 1.54) is 45.2 Å². The van der Waals surface area contributed by atoms with Gasteiger partial charge in [0.2, 0.25) is 0 Å². The van der Waals surface area contributed by atoms with Crippen LogP contribution in [0.15, 0.2) is 0 Å². The van der Waals surface area contributed by atoms with Gasteiger partial charge in [0.25, 0.3) is 0 Å². The zero-order valence-corrected chi connectivity index (χ0v) is 15.3. The fraction of sp³-hybridized carbons (Fsp3) is 1.00. The summed E-state index contributed by atoms with van der Waals surface area (Å²) in [5, 5.41) is 2.43. The summed E-state index contributed by atoms with van der Waals surface area (Å²) in [5.41, 5.74) is -12.4. The number of hydrogen-bond donors (Lipinski definition) is 1. The van der Waals surface area contributed by atoms with Gasteiger partial charge >= 0.3 is 11.0 Å². The first kappa shape index (κ1) is 26.6. The van der Waals surface area contributed by atoms with E-state index in [1.807, 2.05) is 0 Å². The summed E-state index contributed by atoms with van der Waals surface area (Å²) >= 11 is 0. The highest BCUT2D eigenvalue weighted by Crippen LogP contribution is 2.36. The van der Waals surface area contributed by atoms with Gasteiger partial charge < -0.3 is 9.44 Å². The fourth-order valence-corrected chi connectivity index (χ4v) is 2.99. The molecule has 0 amide bonds. The molecule has 0 aliphatic carbocycles. The fourth-order valence-electron chi connectivity index (χ4n) is 1.28. The Balaban J connectivity index is 0. The summed E-state index contributed by atoms with van der Waals surface area (Å²) in [5.74, 6) is 0. The Morgan fingerprint density at radius 2 is 1.16 bits per heavy atom. The van der Waals surface area contributed by atoms with Gasteiger partial charge in [-0.15, -0.1) is 0 Å². The van der Waals surface area contributed by atoms with Crippen LogP contribution in [0.3, 0.4) is 0 Å². The van der Waals surface area contributed by atoms with Crippen molar-refractivity contribution in [2.75, 3.05) is 13.1 Å². The topological polar surface area (TPSA) is 99.0 Å². The van der Waals surface area contributed by atoms with Crippen LogP contribution in [0.4, 0.5) is 26.3 Å². The summed E-state index contributed by atoms with van der Waals surface area (Å²) in [6.07, 6.45) is 6.92. The Hall–Kier alpha value is -0.600. The molecule has 0 aliphatic rings. The van der Waals surface area contributed by atoms with Crippen LogP contribution in [-0.2, 0) is 20.0 Å². The predicted octanol–water partition coefficient (Wildman–Crippen LogP) is 2.60. The molecule has 0 heterocycles. The maximum Gasteiger partial charge on any atom is 0.480 e. The van der Waals surface area contributed by atoms with Crippen LogP contribution < -0.4 is 5.32 Å². The third-order valence-corrected chi connectivity index (χ3v) is 5.28. The first-order valence-corrected chi connectivity index (χ1v) is 10.2. The molecule has 0 aliphatic heterocycles. The van der Waals surface area contributed by atoms with Gasteiger partial charge in [0.1, 0.15) is 0 Å². The quantitative estimate of drug-likeness (QED) is 0.454. The molecule has 0 bridgehead atoms. The lowest BCUT2D eigenvalue weighted by Crippen LogP contribution is -2.84. The molecule has 0 spiro atoms. The molecule has 0 saturated carbocycles. The highest BCUT2D eigenvalue weighted by Gasteiger charge is 2.46. The molecule has 0 aromatic heterocycles. The van der Waals surface area contributed by atoms with Crippen molar-refractivity contribution in [1.29, 1.82) is 0 Å². The van der Waals surface area contributed by atoms with E-state index in [-0.39, 0.29) is 0 Å². The van der Waals surface area contributed by atoms with Gasteiger partial charge in [-0.3, -0.25) is 0 Å². The number of sulfonamides is 2. The van der Waals surface area contributed by atoms with Gasteiger partial charge in [-0.2, -0.15) is 26.3 Å². The molecule has 0 fully saturated rings. The molecule has 0 rings (SSSR count). The molecule has 2 N–H and O–H groups in total. The molecule has 25 heavy (non-hydrogen) atoms. The van der Waals surface area contributed by atoms with Gasteiger partial charge in [-0.05, 0) is 19.3 Å². The first-order chi connectivity index (χ1) is 11.1. The minimum absolute atomic E-state index is 0.778. The van der Waals surface area contributed by atoms with Crippen molar-refractivity contribution in [2.24, 2.45) is 0 Å². The number of nitrogens with zero attached hydrogens (tertiary/aromatic N) is 1. The number of unbranched alkanes of at least 4 members (excludes halogenated alkanes) is 3. The second-order valence-electron chi connectivity index (χ2n) is 4.84. The van der Waals surface area contributed by atoms with Gasteiger partial charge in [0.05, 0.1) is 13.1 Å². The van der Waals surface area contributed by atoms with Crippen LogP contribution in [-0.4, -0.2) is 40.9 Å². The van der Waals surface area contributed by atoms with Crippen molar-refractivity contribution in [3.05, 3.63) is 4.13 Å². The summed E-state index contributed by atoms with van der Waals surface area (Å²) < 4.78 is 109.